The summed E-state index contributed by atoms with van der Waals surface area (Å²) < 4.78 is 25.6. The summed E-state index contributed by atoms with van der Waals surface area (Å²) in [7, 11) is -4.08. The monoisotopic (exact) mass is 294 g/mol. The minimum absolute atomic E-state index is 0.0109. The van der Waals surface area contributed by atoms with Gasteiger partial charge in [-0.15, -0.1) is 0 Å². The first-order valence-corrected chi connectivity index (χ1v) is 7.47. The van der Waals surface area contributed by atoms with Crippen LogP contribution in [0, 0.1) is 5.41 Å². The Morgan fingerprint density at radius 2 is 1.74 bits per heavy atom. The van der Waals surface area contributed by atoms with Crippen LogP contribution in [0.1, 0.15) is 34.1 Å². The molecule has 0 aliphatic heterocycles. The molecule has 0 aromatic heterocycles. The molecule has 0 fully saturated rings. The highest BCUT2D eigenvalue weighted by Crippen LogP contribution is 2.43. The standard InChI is InChI=1S/C12H23O6P/c1-10(2)11(13)16-8-9-18-19(14,15)17-7-6-12(3,4)5/h1,6-9H2,2-5H3,(H,14,15). The van der Waals surface area contributed by atoms with Gasteiger partial charge in [-0.3, -0.25) is 9.05 Å². The van der Waals surface area contributed by atoms with Crippen molar-refractivity contribution in [2.24, 2.45) is 5.41 Å². The Morgan fingerprint density at radius 3 is 2.21 bits per heavy atom. The molecule has 7 heteroatoms. The van der Waals surface area contributed by atoms with Crippen LogP contribution in [0.3, 0.4) is 0 Å². The number of carbonyl (C=O) groups is 1. The summed E-state index contributed by atoms with van der Waals surface area (Å²) in [4.78, 5) is 20.3. The van der Waals surface area contributed by atoms with Gasteiger partial charge in [0.2, 0.25) is 0 Å². The molecule has 0 amide bonds. The molecule has 0 rings (SSSR count). The van der Waals surface area contributed by atoms with Crippen molar-refractivity contribution in [3.8, 4) is 0 Å². The molecule has 1 N–H and O–H groups in total. The van der Waals surface area contributed by atoms with Crippen molar-refractivity contribution in [2.45, 2.75) is 34.1 Å². The minimum atomic E-state index is -4.08. The lowest BCUT2D eigenvalue weighted by atomic mass is 9.93. The quantitative estimate of drug-likeness (QED) is 0.321. The summed E-state index contributed by atoms with van der Waals surface area (Å²) in [6.07, 6.45) is 0.631. The van der Waals surface area contributed by atoms with E-state index < -0.39 is 13.8 Å². The Labute approximate surface area is 114 Å². The fourth-order valence-electron chi connectivity index (χ4n) is 0.915. The van der Waals surface area contributed by atoms with E-state index in [-0.39, 0.29) is 30.8 Å². The number of rotatable bonds is 8. The van der Waals surface area contributed by atoms with E-state index in [1.54, 1.807) is 0 Å². The van der Waals surface area contributed by atoms with Crippen molar-refractivity contribution in [1.82, 2.24) is 0 Å². The van der Waals surface area contributed by atoms with Crippen LogP contribution in [0.25, 0.3) is 0 Å². The van der Waals surface area contributed by atoms with Crippen molar-refractivity contribution >= 4 is 13.8 Å². The molecule has 1 atom stereocenters. The summed E-state index contributed by atoms with van der Waals surface area (Å²) in [5, 5.41) is 0. The Kier molecular flexibility index (Phi) is 7.52. The number of esters is 1. The molecule has 0 aliphatic carbocycles. The van der Waals surface area contributed by atoms with E-state index >= 15 is 0 Å². The summed E-state index contributed by atoms with van der Waals surface area (Å²) in [5.74, 6) is -0.565. The molecular formula is C12H23O6P. The molecule has 1 unspecified atom stereocenters. The first-order valence-electron chi connectivity index (χ1n) is 5.98. The lowest BCUT2D eigenvalue weighted by molar-refractivity contribution is -0.139. The molecule has 0 aliphatic rings. The predicted octanol–water partition coefficient (Wildman–Crippen LogP) is 2.68. The van der Waals surface area contributed by atoms with Crippen LogP contribution in [-0.4, -0.2) is 30.7 Å². The molecule has 0 heterocycles. The molecule has 19 heavy (non-hydrogen) atoms. The SMILES string of the molecule is C=C(C)C(=O)OCCOP(=O)(O)OCCC(C)(C)C. The Hall–Kier alpha value is -0.680. The second-order valence-electron chi connectivity index (χ2n) is 5.36. The molecule has 0 saturated carbocycles. The van der Waals surface area contributed by atoms with E-state index in [9.17, 15) is 14.3 Å². The molecule has 6 nitrogen and oxygen atoms in total. The van der Waals surface area contributed by atoms with E-state index in [0.717, 1.165) is 0 Å². The van der Waals surface area contributed by atoms with E-state index in [4.69, 9.17) is 9.26 Å². The zero-order chi connectivity index (χ0) is 15.1. The molecule has 0 aromatic carbocycles. The second-order valence-corrected chi connectivity index (χ2v) is 6.82. The summed E-state index contributed by atoms with van der Waals surface area (Å²) in [5.41, 5.74) is 0.269. The first-order chi connectivity index (χ1) is 8.53. The van der Waals surface area contributed by atoms with Crippen LogP contribution in [0.2, 0.25) is 0 Å². The van der Waals surface area contributed by atoms with E-state index in [1.165, 1.54) is 6.92 Å². The van der Waals surface area contributed by atoms with Gasteiger partial charge >= 0.3 is 13.8 Å². The van der Waals surface area contributed by atoms with Gasteiger partial charge in [-0.05, 0) is 18.8 Å². The largest absolute Gasteiger partial charge is 0.472 e. The fourth-order valence-corrected chi connectivity index (χ4v) is 1.62. The number of ether oxygens (including phenoxy) is 1. The highest BCUT2D eigenvalue weighted by molar-refractivity contribution is 7.47. The van der Waals surface area contributed by atoms with E-state index in [2.05, 4.69) is 11.1 Å². The number of hydrogen-bond acceptors (Lipinski definition) is 5. The topological polar surface area (TPSA) is 82.1 Å². The number of phosphoric acid groups is 1. The maximum absolute atomic E-state index is 11.4. The Balaban J connectivity index is 3.82. The average Bonchev–Trinajstić information content (AvgIpc) is 2.21. The van der Waals surface area contributed by atoms with Crippen molar-refractivity contribution in [2.75, 3.05) is 19.8 Å². The number of hydrogen-bond donors (Lipinski definition) is 1. The number of carbonyl (C=O) groups excluding carboxylic acids is 1. The zero-order valence-electron chi connectivity index (χ0n) is 12.0. The van der Waals surface area contributed by atoms with Gasteiger partial charge in [-0.25, -0.2) is 9.36 Å². The van der Waals surface area contributed by atoms with Crippen LogP contribution < -0.4 is 0 Å². The minimum Gasteiger partial charge on any atom is -0.460 e. The molecule has 0 bridgehead atoms. The van der Waals surface area contributed by atoms with Gasteiger partial charge in [0.25, 0.3) is 0 Å². The van der Waals surface area contributed by atoms with Gasteiger partial charge in [-0.1, -0.05) is 27.4 Å². The maximum atomic E-state index is 11.4. The van der Waals surface area contributed by atoms with Crippen molar-refractivity contribution in [1.29, 1.82) is 0 Å². The molecule has 0 aromatic rings. The maximum Gasteiger partial charge on any atom is 0.472 e. The van der Waals surface area contributed by atoms with Crippen molar-refractivity contribution < 1.29 is 28.0 Å². The zero-order valence-corrected chi connectivity index (χ0v) is 12.9. The molecule has 0 spiro atoms. The first kappa shape index (κ1) is 18.3. The summed E-state index contributed by atoms with van der Waals surface area (Å²) in [6, 6.07) is 0. The summed E-state index contributed by atoms with van der Waals surface area (Å²) in [6.45, 7) is 10.7. The third kappa shape index (κ3) is 10.9. The molecule has 112 valence electrons. The lowest BCUT2D eigenvalue weighted by Gasteiger charge is -2.19. The van der Waals surface area contributed by atoms with Crippen molar-refractivity contribution in [3.05, 3.63) is 12.2 Å². The summed E-state index contributed by atoms with van der Waals surface area (Å²) >= 11 is 0. The van der Waals surface area contributed by atoms with Crippen LogP contribution in [0.15, 0.2) is 12.2 Å². The van der Waals surface area contributed by atoms with Gasteiger partial charge in [0.1, 0.15) is 6.61 Å². The van der Waals surface area contributed by atoms with Gasteiger partial charge in [-0.2, -0.15) is 0 Å². The highest BCUT2D eigenvalue weighted by atomic mass is 31.2. The van der Waals surface area contributed by atoms with Gasteiger partial charge in [0.05, 0.1) is 13.2 Å². The molecular weight excluding hydrogens is 271 g/mol. The van der Waals surface area contributed by atoms with Crippen molar-refractivity contribution in [3.63, 3.8) is 0 Å². The number of phosphoric ester groups is 1. The lowest BCUT2D eigenvalue weighted by Crippen LogP contribution is -2.12. The Bertz CT molecular complexity index is 358. The third-order valence-corrected chi connectivity index (χ3v) is 3.04. The molecule has 0 radical (unpaired) electrons. The fraction of sp³-hybridized carbons (Fsp3) is 0.750. The molecule has 0 saturated heterocycles. The highest BCUT2D eigenvalue weighted by Gasteiger charge is 2.22. The van der Waals surface area contributed by atoms with Gasteiger partial charge in [0, 0.05) is 5.57 Å². The smallest absolute Gasteiger partial charge is 0.460 e. The van der Waals surface area contributed by atoms with Crippen LogP contribution in [0.4, 0.5) is 0 Å². The van der Waals surface area contributed by atoms with Crippen LogP contribution in [0.5, 0.6) is 0 Å². The average molecular weight is 294 g/mol. The normalized spacial score (nSPS) is 14.8. The predicted molar refractivity (Wildman–Crippen MR) is 71.6 cm³/mol. The van der Waals surface area contributed by atoms with Crippen LogP contribution in [-0.2, 0) is 23.1 Å². The third-order valence-electron chi connectivity index (χ3n) is 2.03. The Morgan fingerprint density at radius 1 is 1.21 bits per heavy atom. The van der Waals surface area contributed by atoms with Gasteiger partial charge < -0.3 is 9.63 Å². The van der Waals surface area contributed by atoms with E-state index in [1.807, 2.05) is 20.8 Å². The second kappa shape index (κ2) is 7.80. The van der Waals surface area contributed by atoms with Crippen LogP contribution >= 0.6 is 7.82 Å². The van der Waals surface area contributed by atoms with Gasteiger partial charge in [0.15, 0.2) is 0 Å². The van der Waals surface area contributed by atoms with E-state index in [0.29, 0.717) is 6.42 Å².